The maximum Gasteiger partial charge on any atom is 0.0671 e. The number of nitriles is 1. The molecule has 0 fully saturated rings. The Morgan fingerprint density at radius 1 is 0.824 bits per heavy atom. The Morgan fingerprint density at radius 2 is 1.12 bits per heavy atom. The van der Waals surface area contributed by atoms with Crippen LogP contribution in [0, 0.1) is 11.3 Å². The molecule has 0 aliphatic heterocycles. The molecule has 17 heavy (non-hydrogen) atoms. The van der Waals surface area contributed by atoms with Gasteiger partial charge in [0.25, 0.3) is 0 Å². The molecule has 0 aromatic heterocycles. The number of nitrogens with zero attached hydrogens (tertiary/aromatic N) is 1. The second kappa shape index (κ2) is 4.67. The van der Waals surface area contributed by atoms with Crippen molar-refractivity contribution in [3.63, 3.8) is 0 Å². The van der Waals surface area contributed by atoms with Crippen LogP contribution in [0.5, 0.6) is 0 Å². The highest BCUT2D eigenvalue weighted by Gasteiger charge is 2.55. The van der Waals surface area contributed by atoms with Crippen molar-refractivity contribution >= 4 is 24.2 Å². The second-order valence-electron chi connectivity index (χ2n) is 8.73. The monoisotopic (exact) mass is 285 g/mol. The minimum absolute atomic E-state index is 0.0675. The maximum absolute atomic E-state index is 9.85. The van der Waals surface area contributed by atoms with Gasteiger partial charge in [0.1, 0.15) is 0 Å². The van der Waals surface area contributed by atoms with Crippen LogP contribution in [0.4, 0.5) is 0 Å². The van der Waals surface area contributed by atoms with E-state index in [9.17, 15) is 5.26 Å². The highest BCUT2D eigenvalue weighted by molar-refractivity contribution is 6.99. The molecule has 0 heterocycles. The van der Waals surface area contributed by atoms with Gasteiger partial charge in [0, 0.05) is 21.2 Å². The molecule has 0 saturated heterocycles. The summed E-state index contributed by atoms with van der Waals surface area (Å²) in [6.07, 6.45) is 0. The van der Waals surface area contributed by atoms with E-state index < -0.39 is 24.2 Å². The molecule has 0 aromatic carbocycles. The summed E-state index contributed by atoms with van der Waals surface area (Å²) in [5.41, 5.74) is 0. The third kappa shape index (κ3) is 3.55. The van der Waals surface area contributed by atoms with Gasteiger partial charge in [-0.05, 0) is 12.1 Å². The Balaban J connectivity index is 5.89. The van der Waals surface area contributed by atoms with Crippen LogP contribution in [-0.4, -0.2) is 24.2 Å². The van der Waals surface area contributed by atoms with E-state index in [0.29, 0.717) is 5.16 Å². The lowest BCUT2D eigenvalue weighted by atomic mass is 10.2. The number of rotatable bonds is 4. The van der Waals surface area contributed by atoms with Gasteiger partial charge in [-0.3, -0.25) is 0 Å². The van der Waals surface area contributed by atoms with Crippen LogP contribution in [0.15, 0.2) is 0 Å². The molecular weight excluding hydrogens is 254 g/mol. The molecule has 0 saturated carbocycles. The fraction of sp³-hybridized carbons (Fsp3) is 0.923. The first-order valence-corrected chi connectivity index (χ1v) is 17.2. The van der Waals surface area contributed by atoms with Crippen LogP contribution in [-0.2, 0) is 0 Å². The molecule has 4 heteroatoms. The molecule has 100 valence electrons. The van der Waals surface area contributed by atoms with Crippen molar-refractivity contribution in [3.8, 4) is 6.07 Å². The molecule has 0 aromatic rings. The summed E-state index contributed by atoms with van der Waals surface area (Å²) in [4.78, 5) is 0. The fourth-order valence-corrected chi connectivity index (χ4v) is 24.1. The Hall–Kier alpha value is 0.141. The van der Waals surface area contributed by atoms with E-state index in [0.717, 1.165) is 0 Å². The smallest absolute Gasteiger partial charge is 0.0671 e. The maximum atomic E-state index is 9.85. The normalized spacial score (nSPS) is 17.8. The van der Waals surface area contributed by atoms with Crippen LogP contribution < -0.4 is 0 Å². The van der Waals surface area contributed by atoms with E-state index in [1.165, 1.54) is 0 Å². The van der Waals surface area contributed by atoms with Crippen LogP contribution in [0.3, 0.4) is 0 Å². The van der Waals surface area contributed by atoms with E-state index >= 15 is 0 Å². The molecule has 0 amide bonds. The summed E-state index contributed by atoms with van der Waals surface area (Å²) in [6.45, 7) is 24.1. The molecule has 0 N–H and O–H groups in total. The lowest BCUT2D eigenvalue weighted by Crippen LogP contribution is -2.55. The number of hydrogen-bond acceptors (Lipinski definition) is 1. The quantitative estimate of drug-likeness (QED) is 0.652. The van der Waals surface area contributed by atoms with Crippen molar-refractivity contribution < 1.29 is 0 Å². The zero-order valence-electron chi connectivity index (χ0n) is 13.5. The Kier molecular flexibility index (Phi) is 4.71. The molecule has 0 aliphatic rings. The zero-order chi connectivity index (χ0) is 14.3. The van der Waals surface area contributed by atoms with Gasteiger partial charge >= 0.3 is 0 Å². The topological polar surface area (TPSA) is 23.8 Å². The first-order valence-electron chi connectivity index (χ1n) is 6.59. The summed E-state index contributed by atoms with van der Waals surface area (Å²) in [7, 11) is -4.11. The molecular formula is C13H31NSi3. The highest BCUT2D eigenvalue weighted by atomic mass is 28.4. The first-order chi connectivity index (χ1) is 7.18. The van der Waals surface area contributed by atoms with Crippen LogP contribution >= 0.6 is 0 Å². The van der Waals surface area contributed by atoms with Crippen molar-refractivity contribution in [3.05, 3.63) is 0 Å². The third-order valence-corrected chi connectivity index (χ3v) is 18.0. The summed E-state index contributed by atoms with van der Waals surface area (Å²) < 4.78 is 0. The molecule has 1 unspecified atom stereocenters. The van der Waals surface area contributed by atoms with Crippen LogP contribution in [0.1, 0.15) is 6.92 Å². The molecule has 0 bridgehead atoms. The molecule has 1 nitrogen and oxygen atoms in total. The van der Waals surface area contributed by atoms with Crippen molar-refractivity contribution in [2.24, 2.45) is 0 Å². The Morgan fingerprint density at radius 3 is 1.18 bits per heavy atom. The van der Waals surface area contributed by atoms with E-state index in [-0.39, 0.29) is 5.04 Å². The van der Waals surface area contributed by atoms with E-state index in [4.69, 9.17) is 0 Å². The summed E-state index contributed by atoms with van der Waals surface area (Å²) in [5.74, 6) is 0. The average molecular weight is 286 g/mol. The molecule has 0 aliphatic carbocycles. The lowest BCUT2D eigenvalue weighted by Gasteiger charge is -2.52. The molecule has 1 atom stereocenters. The van der Waals surface area contributed by atoms with E-state index in [1.807, 2.05) is 0 Å². The SMILES string of the molecule is CC(C#N)(C([Si](C)(C)C)[Si](C)(C)C)[Si](C)(C)C. The van der Waals surface area contributed by atoms with Crippen molar-refractivity contribution in [2.75, 3.05) is 0 Å². The Labute approximate surface area is 112 Å². The van der Waals surface area contributed by atoms with Crippen molar-refractivity contribution in [2.45, 2.75) is 76.0 Å². The predicted molar refractivity (Wildman–Crippen MR) is 87.8 cm³/mol. The summed E-state index contributed by atoms with van der Waals surface area (Å²) >= 11 is 0. The molecule has 0 spiro atoms. The third-order valence-electron chi connectivity index (χ3n) is 4.10. The average Bonchev–Trinajstić information content (AvgIpc) is 1.95. The van der Waals surface area contributed by atoms with Gasteiger partial charge in [-0.25, -0.2) is 0 Å². The van der Waals surface area contributed by atoms with Crippen LogP contribution in [0.25, 0.3) is 0 Å². The van der Waals surface area contributed by atoms with Gasteiger partial charge in [0.2, 0.25) is 0 Å². The molecule has 0 radical (unpaired) electrons. The van der Waals surface area contributed by atoms with Gasteiger partial charge in [-0.15, -0.1) is 0 Å². The van der Waals surface area contributed by atoms with Gasteiger partial charge in [0.05, 0.1) is 14.1 Å². The first kappa shape index (κ1) is 17.1. The standard InChI is InChI=1S/C13H31NSi3/c1-13(11-14,17(8,9)10)12(15(2,3)4)16(5,6)7/h12H,1-10H3. The van der Waals surface area contributed by atoms with Crippen LogP contribution in [0.2, 0.25) is 69.1 Å². The van der Waals surface area contributed by atoms with Gasteiger partial charge in [-0.2, -0.15) is 5.26 Å². The predicted octanol–water partition coefficient (Wildman–Crippen LogP) is 5.19. The summed E-state index contributed by atoms with van der Waals surface area (Å²) in [5, 5.41) is 10.5. The lowest BCUT2D eigenvalue weighted by molar-refractivity contribution is 0.748. The Bertz CT molecular complexity index is 298. The fourth-order valence-electron chi connectivity index (χ4n) is 3.70. The highest BCUT2D eigenvalue weighted by Crippen LogP contribution is 2.56. The van der Waals surface area contributed by atoms with Crippen molar-refractivity contribution in [1.82, 2.24) is 0 Å². The minimum Gasteiger partial charge on any atom is -0.198 e. The molecule has 0 rings (SSSR count). The van der Waals surface area contributed by atoms with E-state index in [2.05, 4.69) is 71.9 Å². The largest absolute Gasteiger partial charge is 0.198 e. The van der Waals surface area contributed by atoms with E-state index in [1.54, 1.807) is 0 Å². The zero-order valence-corrected chi connectivity index (χ0v) is 16.5. The number of hydrogen-bond donors (Lipinski definition) is 0. The minimum atomic E-state index is -1.49. The van der Waals surface area contributed by atoms with Gasteiger partial charge < -0.3 is 0 Å². The van der Waals surface area contributed by atoms with Crippen molar-refractivity contribution in [1.29, 1.82) is 5.26 Å². The summed E-state index contributed by atoms with van der Waals surface area (Å²) in [6, 6.07) is 2.76. The van der Waals surface area contributed by atoms with Gasteiger partial charge in [-0.1, -0.05) is 58.9 Å². The van der Waals surface area contributed by atoms with Gasteiger partial charge in [0.15, 0.2) is 0 Å². The second-order valence-corrected chi connectivity index (χ2v) is 25.5.